The van der Waals surface area contributed by atoms with Crippen molar-refractivity contribution in [1.29, 1.82) is 0 Å². The van der Waals surface area contributed by atoms with Crippen molar-refractivity contribution in [3.63, 3.8) is 0 Å². The number of ether oxygens (including phenoxy) is 2. The summed E-state index contributed by atoms with van der Waals surface area (Å²) in [6, 6.07) is 0. The van der Waals surface area contributed by atoms with E-state index in [4.69, 9.17) is 18.5 Å². The lowest BCUT2D eigenvalue weighted by Crippen LogP contribution is -2.29. The maximum Gasteiger partial charge on any atom is 0.472 e. The summed E-state index contributed by atoms with van der Waals surface area (Å²) >= 11 is 0. The number of nitrogens with one attached hydrogen (secondary N) is 1. The maximum atomic E-state index is 12.5. The number of likely N-dealkylation sites (N-methyl/N-ethyl adjacent to an activating group) is 1. The second kappa shape index (κ2) is 34.8. The molecular formula is C38H68NO8P. The monoisotopic (exact) mass is 697 g/mol. The Labute approximate surface area is 292 Å². The van der Waals surface area contributed by atoms with Gasteiger partial charge in [-0.2, -0.15) is 0 Å². The highest BCUT2D eigenvalue weighted by Crippen LogP contribution is 2.43. The smallest absolute Gasteiger partial charge is 0.462 e. The van der Waals surface area contributed by atoms with Crippen LogP contribution in [-0.4, -0.2) is 56.3 Å². The first-order chi connectivity index (χ1) is 23.3. The lowest BCUT2D eigenvalue weighted by molar-refractivity contribution is -0.161. The minimum absolute atomic E-state index is 0.0232. The summed E-state index contributed by atoms with van der Waals surface area (Å²) in [4.78, 5) is 34.8. The second-order valence-electron chi connectivity index (χ2n) is 12.0. The molecule has 10 heteroatoms. The molecule has 0 aromatic heterocycles. The molecule has 0 radical (unpaired) electrons. The van der Waals surface area contributed by atoms with E-state index in [1.54, 1.807) is 7.05 Å². The first kappa shape index (κ1) is 46.0. The molecule has 0 aliphatic carbocycles. The Hall–Kier alpha value is -2.03. The molecule has 0 bridgehead atoms. The largest absolute Gasteiger partial charge is 0.472 e. The molecule has 0 heterocycles. The van der Waals surface area contributed by atoms with E-state index >= 15 is 0 Å². The van der Waals surface area contributed by atoms with Crippen molar-refractivity contribution in [2.45, 2.75) is 148 Å². The molecular weight excluding hydrogens is 629 g/mol. The van der Waals surface area contributed by atoms with Crippen LogP contribution in [0.25, 0.3) is 0 Å². The zero-order valence-electron chi connectivity index (χ0n) is 30.4. The van der Waals surface area contributed by atoms with Crippen molar-refractivity contribution in [2.75, 3.05) is 33.4 Å². The van der Waals surface area contributed by atoms with Crippen LogP contribution in [0.5, 0.6) is 0 Å². The lowest BCUT2D eigenvalue weighted by Gasteiger charge is -2.20. The molecule has 0 fully saturated rings. The predicted molar refractivity (Wildman–Crippen MR) is 197 cm³/mol. The van der Waals surface area contributed by atoms with Gasteiger partial charge in [-0.1, -0.05) is 114 Å². The van der Waals surface area contributed by atoms with Crippen LogP contribution in [0.2, 0.25) is 0 Å². The highest BCUT2D eigenvalue weighted by molar-refractivity contribution is 7.47. The number of phosphoric ester groups is 1. The number of unbranched alkanes of at least 4 members (excludes halogenated alkanes) is 12. The Kier molecular flexibility index (Phi) is 33.3. The topological polar surface area (TPSA) is 120 Å². The van der Waals surface area contributed by atoms with E-state index in [0.29, 0.717) is 19.4 Å². The molecule has 2 atom stereocenters. The molecule has 0 amide bonds. The van der Waals surface area contributed by atoms with Gasteiger partial charge in [-0.25, -0.2) is 4.57 Å². The average Bonchev–Trinajstić information content (AvgIpc) is 3.06. The van der Waals surface area contributed by atoms with Crippen LogP contribution >= 0.6 is 7.82 Å². The molecule has 0 aliphatic rings. The van der Waals surface area contributed by atoms with Crippen LogP contribution in [0.1, 0.15) is 142 Å². The Balaban J connectivity index is 4.34. The Morgan fingerprint density at radius 2 is 1.19 bits per heavy atom. The van der Waals surface area contributed by atoms with Gasteiger partial charge in [0.15, 0.2) is 6.10 Å². The van der Waals surface area contributed by atoms with Gasteiger partial charge < -0.3 is 19.7 Å². The zero-order chi connectivity index (χ0) is 35.4. The van der Waals surface area contributed by atoms with Gasteiger partial charge in [0.25, 0.3) is 0 Å². The van der Waals surface area contributed by atoms with Gasteiger partial charge in [0.2, 0.25) is 0 Å². The van der Waals surface area contributed by atoms with Crippen molar-refractivity contribution in [3.8, 4) is 0 Å². The van der Waals surface area contributed by atoms with Crippen molar-refractivity contribution in [2.24, 2.45) is 0 Å². The summed E-state index contributed by atoms with van der Waals surface area (Å²) in [5, 5.41) is 2.81. The average molecular weight is 698 g/mol. The number of hydrogen-bond acceptors (Lipinski definition) is 8. The fourth-order valence-electron chi connectivity index (χ4n) is 4.60. The number of phosphoric acid groups is 1. The highest BCUT2D eigenvalue weighted by atomic mass is 31.2. The van der Waals surface area contributed by atoms with Crippen LogP contribution in [0.3, 0.4) is 0 Å². The van der Waals surface area contributed by atoms with Crippen LogP contribution < -0.4 is 5.32 Å². The molecule has 0 aromatic carbocycles. The number of carbonyl (C=O) groups excluding carboxylic acids is 2. The number of allylic oxidation sites excluding steroid dienone is 8. The van der Waals surface area contributed by atoms with Crippen LogP contribution in [-0.2, 0) is 32.7 Å². The van der Waals surface area contributed by atoms with E-state index in [1.165, 1.54) is 12.8 Å². The Bertz CT molecular complexity index is 934. The van der Waals surface area contributed by atoms with E-state index in [2.05, 4.69) is 67.8 Å². The normalized spacial score (nSPS) is 14.0. The number of carbonyl (C=O) groups is 2. The SMILES string of the molecule is CC/C=C\C/C=C\C/C=C\CCCCCCCC(=O)OCC(COP(=O)(O)OCCNC)OC(=O)CCCCCCC/C=C\CCCC. The van der Waals surface area contributed by atoms with Gasteiger partial charge in [-0.3, -0.25) is 18.6 Å². The third-order valence-corrected chi connectivity index (χ3v) is 8.42. The molecule has 2 unspecified atom stereocenters. The minimum atomic E-state index is -4.35. The van der Waals surface area contributed by atoms with Crippen molar-refractivity contribution >= 4 is 19.8 Å². The third-order valence-electron chi connectivity index (χ3n) is 7.43. The van der Waals surface area contributed by atoms with Gasteiger partial charge in [0.05, 0.1) is 13.2 Å². The number of esters is 2. The molecule has 0 aromatic rings. The van der Waals surface area contributed by atoms with Crippen molar-refractivity contribution in [1.82, 2.24) is 5.32 Å². The summed E-state index contributed by atoms with van der Waals surface area (Å²) in [7, 11) is -2.66. The van der Waals surface area contributed by atoms with Gasteiger partial charge in [0.1, 0.15) is 6.61 Å². The molecule has 2 N–H and O–H groups in total. The molecule has 0 saturated heterocycles. The molecule has 0 rings (SSSR count). The van der Waals surface area contributed by atoms with E-state index in [9.17, 15) is 19.0 Å². The first-order valence-corrected chi connectivity index (χ1v) is 20.1. The van der Waals surface area contributed by atoms with E-state index < -0.39 is 32.5 Å². The lowest BCUT2D eigenvalue weighted by atomic mass is 10.1. The predicted octanol–water partition coefficient (Wildman–Crippen LogP) is 9.86. The molecule has 0 spiro atoms. The number of rotatable bonds is 34. The van der Waals surface area contributed by atoms with Crippen molar-refractivity contribution < 1.29 is 37.6 Å². The first-order valence-electron chi connectivity index (χ1n) is 18.6. The summed E-state index contributed by atoms with van der Waals surface area (Å²) in [6.07, 6.45) is 35.8. The van der Waals surface area contributed by atoms with Gasteiger partial charge in [-0.05, 0) is 71.3 Å². The summed E-state index contributed by atoms with van der Waals surface area (Å²) in [5.74, 6) is -0.844. The Morgan fingerprint density at radius 1 is 0.667 bits per heavy atom. The van der Waals surface area contributed by atoms with E-state index in [1.807, 2.05) is 0 Å². The van der Waals surface area contributed by atoms with E-state index in [-0.39, 0.29) is 26.1 Å². The van der Waals surface area contributed by atoms with Gasteiger partial charge in [-0.15, -0.1) is 0 Å². The standard InChI is InChI=1S/C38H68NO8P/c1-4-6-8-10-12-14-16-17-18-19-21-22-24-26-28-30-37(40)44-34-36(35-46-48(42,43)45-33-32-39-3)47-38(41)31-29-27-25-23-20-15-13-11-9-7-5-2/h6,8,11-14,17-18,36,39H,4-5,7,9-10,15-16,19-35H2,1-3H3,(H,42,43)/b8-6-,13-11-,14-12-,18-17-. The van der Waals surface area contributed by atoms with Crippen LogP contribution in [0.15, 0.2) is 48.6 Å². The summed E-state index contributed by atoms with van der Waals surface area (Å²) in [6.45, 7) is 4.01. The molecule has 0 aliphatic heterocycles. The molecule has 9 nitrogen and oxygen atoms in total. The van der Waals surface area contributed by atoms with Gasteiger partial charge >= 0.3 is 19.8 Å². The molecule has 278 valence electrons. The molecule has 48 heavy (non-hydrogen) atoms. The minimum Gasteiger partial charge on any atom is -0.462 e. The van der Waals surface area contributed by atoms with E-state index in [0.717, 1.165) is 89.9 Å². The quantitative estimate of drug-likeness (QED) is 0.0293. The van der Waals surface area contributed by atoms with Crippen LogP contribution in [0, 0.1) is 0 Å². The van der Waals surface area contributed by atoms with Crippen LogP contribution in [0.4, 0.5) is 0 Å². The Morgan fingerprint density at radius 3 is 1.79 bits per heavy atom. The summed E-state index contributed by atoms with van der Waals surface area (Å²) < 4.78 is 33.0. The molecule has 0 saturated carbocycles. The zero-order valence-corrected chi connectivity index (χ0v) is 31.3. The fraction of sp³-hybridized carbons (Fsp3) is 0.737. The summed E-state index contributed by atoms with van der Waals surface area (Å²) in [5.41, 5.74) is 0. The fourth-order valence-corrected chi connectivity index (χ4v) is 5.36. The van der Waals surface area contributed by atoms with Crippen molar-refractivity contribution in [3.05, 3.63) is 48.6 Å². The third kappa shape index (κ3) is 33.9. The second-order valence-corrected chi connectivity index (χ2v) is 13.5. The van der Waals surface area contributed by atoms with Gasteiger partial charge in [0, 0.05) is 19.4 Å². The number of hydrogen-bond donors (Lipinski definition) is 2. The highest BCUT2D eigenvalue weighted by Gasteiger charge is 2.26. The maximum absolute atomic E-state index is 12.5.